The Morgan fingerprint density at radius 2 is 1.77 bits per heavy atom. The van der Waals surface area contributed by atoms with Gasteiger partial charge in [-0.1, -0.05) is 20.8 Å². The van der Waals surface area contributed by atoms with Crippen molar-refractivity contribution < 1.29 is 43.2 Å². The van der Waals surface area contributed by atoms with Gasteiger partial charge in [0.05, 0.1) is 17.8 Å². The molecule has 0 aromatic carbocycles. The fraction of sp³-hybridized carbons (Fsp3) is 0.882. The van der Waals surface area contributed by atoms with Gasteiger partial charge in [0.1, 0.15) is 19.0 Å². The molecule has 0 bridgehead atoms. The molecule has 6 aliphatic rings. The average molecular weight is 603 g/mol. The summed E-state index contributed by atoms with van der Waals surface area (Å²) >= 11 is 0. The molecule has 1 aliphatic heterocycles. The first-order valence-corrected chi connectivity index (χ1v) is 16.4. The molecule has 5 aliphatic carbocycles. The number of ketones is 1. The summed E-state index contributed by atoms with van der Waals surface area (Å²) in [5, 5.41) is 10.8. The van der Waals surface area contributed by atoms with E-state index in [0.717, 1.165) is 51.4 Å². The summed E-state index contributed by atoms with van der Waals surface area (Å²) < 4.78 is 23.6. The van der Waals surface area contributed by atoms with Crippen LogP contribution in [0.1, 0.15) is 99.3 Å². The number of ether oxygens (including phenoxy) is 4. The number of hydrogen-bond acceptors (Lipinski definition) is 9. The van der Waals surface area contributed by atoms with Crippen molar-refractivity contribution in [2.24, 2.45) is 45.3 Å². The first-order valence-electron chi connectivity index (χ1n) is 16.4. The number of carbonyl (C=O) groups excluding carboxylic acids is 4. The Kier molecular flexibility index (Phi) is 7.59. The van der Waals surface area contributed by atoms with Crippen molar-refractivity contribution in [3.63, 3.8) is 0 Å². The predicted octanol–water partition coefficient (Wildman–Crippen LogP) is 4.20. The molecule has 5 saturated carbocycles. The molecular weight excluding hydrogens is 552 g/mol. The zero-order chi connectivity index (χ0) is 31.2. The highest BCUT2D eigenvalue weighted by Crippen LogP contribution is 2.87. The van der Waals surface area contributed by atoms with Gasteiger partial charge in [0.15, 0.2) is 18.2 Å². The minimum atomic E-state index is -1.29. The molecule has 8 unspecified atom stereocenters. The lowest BCUT2D eigenvalue weighted by molar-refractivity contribution is -0.216. The third-order valence-corrected chi connectivity index (χ3v) is 13.4. The number of rotatable bonds is 9. The zero-order valence-electron chi connectivity index (χ0n) is 26.6. The summed E-state index contributed by atoms with van der Waals surface area (Å²) in [6.07, 6.45) is 6.83. The smallest absolute Gasteiger partial charge is 0.303 e. The molecule has 6 fully saturated rings. The minimum absolute atomic E-state index is 0.0436. The molecule has 1 N–H and O–H groups in total. The standard InChI is InChI=1S/C34H50O9/c1-19(37)41-29(31(4,5)39)22-9-7-21-28(42-22)27(38)26-20-8-10-23-30(2,3)24(43-25(17-36)40-16-15-35)11-12-34(23)18-33(20,34)14-13-32(21,26)6/h15,17,20-26,28-29,39H,7-14,16,18H2,1-6H3/t20?,21?,22?,23?,24-,25?,26?,28?,29-,32+,33?,34+/m0/s1. The van der Waals surface area contributed by atoms with Gasteiger partial charge in [-0.3, -0.25) is 14.4 Å². The largest absolute Gasteiger partial charge is 0.457 e. The van der Waals surface area contributed by atoms with Gasteiger partial charge in [-0.25, -0.2) is 0 Å². The number of carbonyl (C=O) groups is 4. The summed E-state index contributed by atoms with van der Waals surface area (Å²) in [6, 6.07) is 0. The van der Waals surface area contributed by atoms with Gasteiger partial charge < -0.3 is 28.8 Å². The van der Waals surface area contributed by atoms with Crippen molar-refractivity contribution in [3.05, 3.63) is 0 Å². The maximum absolute atomic E-state index is 14.4. The van der Waals surface area contributed by atoms with Crippen LogP contribution in [0, 0.1) is 45.3 Å². The second-order valence-corrected chi connectivity index (χ2v) is 16.1. The van der Waals surface area contributed by atoms with E-state index < -0.39 is 36.2 Å². The number of aldehydes is 2. The van der Waals surface area contributed by atoms with E-state index in [1.54, 1.807) is 13.8 Å². The maximum atomic E-state index is 14.4. The van der Waals surface area contributed by atoms with E-state index in [2.05, 4.69) is 20.8 Å². The lowest BCUT2D eigenvalue weighted by atomic mass is 9.46. The Labute approximate surface area is 255 Å². The van der Waals surface area contributed by atoms with Crippen molar-refractivity contribution >= 4 is 24.3 Å². The summed E-state index contributed by atoms with van der Waals surface area (Å²) in [6.45, 7) is 11.3. The summed E-state index contributed by atoms with van der Waals surface area (Å²) in [5.41, 5.74) is -1.25. The van der Waals surface area contributed by atoms with Crippen LogP contribution in [0.2, 0.25) is 0 Å². The van der Waals surface area contributed by atoms with Crippen LogP contribution in [0.15, 0.2) is 0 Å². The van der Waals surface area contributed by atoms with E-state index in [9.17, 15) is 24.3 Å². The van der Waals surface area contributed by atoms with E-state index >= 15 is 0 Å². The molecule has 0 aromatic heterocycles. The second-order valence-electron chi connectivity index (χ2n) is 16.1. The van der Waals surface area contributed by atoms with Crippen molar-refractivity contribution in [2.45, 2.75) is 136 Å². The van der Waals surface area contributed by atoms with Crippen LogP contribution in [0.25, 0.3) is 0 Å². The lowest BCUT2D eigenvalue weighted by Gasteiger charge is -2.59. The van der Waals surface area contributed by atoms with Gasteiger partial charge in [0.25, 0.3) is 0 Å². The highest BCUT2D eigenvalue weighted by atomic mass is 16.7. The van der Waals surface area contributed by atoms with Gasteiger partial charge in [-0.15, -0.1) is 0 Å². The van der Waals surface area contributed by atoms with Gasteiger partial charge >= 0.3 is 5.97 Å². The second kappa shape index (κ2) is 10.4. The molecule has 6 rings (SSSR count). The Hall–Kier alpha value is -1.68. The first-order chi connectivity index (χ1) is 20.2. The highest BCUT2D eigenvalue weighted by molar-refractivity contribution is 5.90. The van der Waals surface area contributed by atoms with Crippen molar-refractivity contribution in [2.75, 3.05) is 6.61 Å². The van der Waals surface area contributed by atoms with Gasteiger partial charge in [0.2, 0.25) is 6.29 Å². The molecular formula is C34H50O9. The molecule has 43 heavy (non-hydrogen) atoms. The van der Waals surface area contributed by atoms with Gasteiger partial charge in [0, 0.05) is 12.8 Å². The van der Waals surface area contributed by atoms with Crippen molar-refractivity contribution in [1.82, 2.24) is 0 Å². The Bertz CT molecular complexity index is 1160. The molecule has 12 atom stereocenters. The molecule has 0 amide bonds. The van der Waals surface area contributed by atoms with Crippen LogP contribution in [0.4, 0.5) is 0 Å². The fourth-order valence-corrected chi connectivity index (χ4v) is 11.7. The van der Waals surface area contributed by atoms with E-state index in [1.165, 1.54) is 6.92 Å². The molecule has 2 spiro atoms. The van der Waals surface area contributed by atoms with Crippen molar-refractivity contribution in [3.8, 4) is 0 Å². The zero-order valence-corrected chi connectivity index (χ0v) is 26.6. The number of hydrogen-bond donors (Lipinski definition) is 1. The Morgan fingerprint density at radius 3 is 2.42 bits per heavy atom. The van der Waals surface area contributed by atoms with Gasteiger partial charge in [-0.2, -0.15) is 0 Å². The number of esters is 1. The van der Waals surface area contributed by atoms with Crippen LogP contribution in [0.3, 0.4) is 0 Å². The highest BCUT2D eigenvalue weighted by Gasteiger charge is 2.82. The quantitative estimate of drug-likeness (QED) is 0.235. The summed E-state index contributed by atoms with van der Waals surface area (Å²) in [4.78, 5) is 48.7. The van der Waals surface area contributed by atoms with E-state index in [4.69, 9.17) is 18.9 Å². The molecule has 0 radical (unpaired) electrons. The molecule has 9 heteroatoms. The molecule has 1 saturated heterocycles. The monoisotopic (exact) mass is 602 g/mol. The van der Waals surface area contributed by atoms with Crippen LogP contribution in [-0.4, -0.2) is 72.3 Å². The van der Waals surface area contributed by atoms with E-state index in [0.29, 0.717) is 30.8 Å². The average Bonchev–Trinajstić information content (AvgIpc) is 3.55. The number of Topliss-reactive ketones (excluding diaryl/α,β-unsaturated/α-hetero) is 1. The number of fused-ring (bicyclic) bond motifs is 4. The molecule has 9 nitrogen and oxygen atoms in total. The van der Waals surface area contributed by atoms with E-state index in [1.807, 2.05) is 0 Å². The topological polar surface area (TPSA) is 125 Å². The number of aliphatic hydroxyl groups is 1. The van der Waals surface area contributed by atoms with Crippen LogP contribution in [-0.2, 0) is 38.1 Å². The minimum Gasteiger partial charge on any atom is -0.457 e. The SMILES string of the molecule is CC(=O)O[C@@H](C1CCC2C(O1)C(=O)C1C3CCC4C(C)(C)[C@@H](OC(C=O)OCC=O)CC[C@@]45CC35CC[C@]21C)C(C)(C)O. The van der Waals surface area contributed by atoms with Crippen LogP contribution in [0.5, 0.6) is 0 Å². The fourth-order valence-electron chi connectivity index (χ4n) is 11.7. The third-order valence-electron chi connectivity index (χ3n) is 13.4. The third kappa shape index (κ3) is 4.53. The summed E-state index contributed by atoms with van der Waals surface area (Å²) in [5.74, 6) is 0.598. The lowest BCUT2D eigenvalue weighted by Crippen LogP contribution is -2.56. The molecule has 240 valence electrons. The van der Waals surface area contributed by atoms with E-state index in [-0.39, 0.29) is 52.0 Å². The Balaban J connectivity index is 1.22. The predicted molar refractivity (Wildman–Crippen MR) is 155 cm³/mol. The van der Waals surface area contributed by atoms with Crippen LogP contribution >= 0.6 is 0 Å². The van der Waals surface area contributed by atoms with Crippen LogP contribution < -0.4 is 0 Å². The maximum Gasteiger partial charge on any atom is 0.303 e. The van der Waals surface area contributed by atoms with Gasteiger partial charge in [-0.05, 0) is 111 Å². The first kappa shape index (κ1) is 31.3. The molecule has 0 aromatic rings. The van der Waals surface area contributed by atoms with Crippen molar-refractivity contribution in [1.29, 1.82) is 0 Å². The summed E-state index contributed by atoms with van der Waals surface area (Å²) in [7, 11) is 0. The normalized spacial score (nSPS) is 45.7. The Morgan fingerprint density at radius 1 is 1.05 bits per heavy atom. The molecule has 1 heterocycles.